The van der Waals surface area contributed by atoms with E-state index in [0.29, 0.717) is 24.3 Å². The van der Waals surface area contributed by atoms with E-state index >= 15 is 0 Å². The molecule has 156 valence electrons. The summed E-state index contributed by atoms with van der Waals surface area (Å²) in [6.07, 6.45) is -0.198. The highest BCUT2D eigenvalue weighted by molar-refractivity contribution is 6.21. The minimum atomic E-state index is -0.206. The zero-order valence-corrected chi connectivity index (χ0v) is 17.7. The molecule has 4 aromatic rings. The molecular weight excluding hydrogens is 388 g/mol. The van der Waals surface area contributed by atoms with Gasteiger partial charge in [0, 0.05) is 21.9 Å². The predicted octanol–water partition coefficient (Wildman–Crippen LogP) is 6.25. The number of Topliss-reactive ketones (excluding diaryl/α,β-unsaturated/α-hetero) is 2. The summed E-state index contributed by atoms with van der Waals surface area (Å²) in [7, 11) is 0. The van der Waals surface area contributed by atoms with E-state index in [1.165, 1.54) is 0 Å². The number of rotatable bonds is 8. The van der Waals surface area contributed by atoms with Crippen molar-refractivity contribution in [2.45, 2.75) is 20.3 Å². The van der Waals surface area contributed by atoms with E-state index < -0.39 is 0 Å². The summed E-state index contributed by atoms with van der Waals surface area (Å²) in [4.78, 5) is 26.3. The SMILES string of the molecule is CCOc1ccc(C(=O)CC(=O)c2ccc(OCC)c3ccccc23)c2ccccc12. The summed E-state index contributed by atoms with van der Waals surface area (Å²) in [5.41, 5.74) is 1.06. The van der Waals surface area contributed by atoms with Gasteiger partial charge in [-0.25, -0.2) is 0 Å². The second kappa shape index (κ2) is 9.00. The van der Waals surface area contributed by atoms with Crippen LogP contribution in [0.2, 0.25) is 0 Å². The van der Waals surface area contributed by atoms with Gasteiger partial charge < -0.3 is 9.47 Å². The first-order valence-corrected chi connectivity index (χ1v) is 10.5. The summed E-state index contributed by atoms with van der Waals surface area (Å²) in [6, 6.07) is 22.3. The van der Waals surface area contributed by atoms with Crippen molar-refractivity contribution < 1.29 is 19.1 Å². The number of benzene rings is 4. The lowest BCUT2D eigenvalue weighted by atomic mass is 9.94. The molecule has 31 heavy (non-hydrogen) atoms. The fourth-order valence-corrected chi connectivity index (χ4v) is 3.93. The molecule has 0 spiro atoms. The maximum absolute atomic E-state index is 13.1. The van der Waals surface area contributed by atoms with Crippen molar-refractivity contribution in [1.82, 2.24) is 0 Å². The largest absolute Gasteiger partial charge is 0.493 e. The monoisotopic (exact) mass is 412 g/mol. The van der Waals surface area contributed by atoms with Gasteiger partial charge in [0.15, 0.2) is 11.6 Å². The minimum Gasteiger partial charge on any atom is -0.493 e. The van der Waals surface area contributed by atoms with Crippen molar-refractivity contribution in [1.29, 1.82) is 0 Å². The van der Waals surface area contributed by atoms with Crippen LogP contribution in [0.4, 0.5) is 0 Å². The second-order valence-electron chi connectivity index (χ2n) is 7.20. The lowest BCUT2D eigenvalue weighted by Crippen LogP contribution is -2.10. The zero-order valence-electron chi connectivity index (χ0n) is 17.7. The molecule has 0 aliphatic heterocycles. The molecule has 0 aromatic heterocycles. The van der Waals surface area contributed by atoms with Gasteiger partial charge in [0.2, 0.25) is 0 Å². The Bertz CT molecular complexity index is 1170. The Labute approximate surface area is 181 Å². The Kier molecular flexibility index (Phi) is 5.99. The summed E-state index contributed by atoms with van der Waals surface area (Å²) >= 11 is 0. The first kappa shape index (κ1) is 20.6. The topological polar surface area (TPSA) is 52.6 Å². The zero-order chi connectivity index (χ0) is 21.8. The number of fused-ring (bicyclic) bond motifs is 2. The molecule has 0 unspecified atom stereocenters. The van der Waals surface area contributed by atoms with Crippen molar-refractivity contribution >= 4 is 33.1 Å². The fourth-order valence-electron chi connectivity index (χ4n) is 3.93. The first-order chi connectivity index (χ1) is 15.1. The number of carbonyl (C=O) groups is 2. The molecule has 0 saturated carbocycles. The van der Waals surface area contributed by atoms with Crippen LogP contribution in [0.1, 0.15) is 41.0 Å². The first-order valence-electron chi connectivity index (χ1n) is 10.5. The van der Waals surface area contributed by atoms with Gasteiger partial charge in [0.25, 0.3) is 0 Å². The summed E-state index contributed by atoms with van der Waals surface area (Å²) in [6.45, 7) is 4.93. The van der Waals surface area contributed by atoms with Gasteiger partial charge in [0.05, 0.1) is 19.6 Å². The lowest BCUT2D eigenvalue weighted by molar-refractivity contribution is 0.0896. The highest BCUT2D eigenvalue weighted by Gasteiger charge is 2.19. The molecule has 4 nitrogen and oxygen atoms in total. The van der Waals surface area contributed by atoms with Crippen LogP contribution in [0.5, 0.6) is 11.5 Å². The minimum absolute atomic E-state index is 0.198. The van der Waals surface area contributed by atoms with Gasteiger partial charge in [-0.1, -0.05) is 48.5 Å². The molecule has 4 aromatic carbocycles. The van der Waals surface area contributed by atoms with Crippen molar-refractivity contribution in [2.75, 3.05) is 13.2 Å². The third-order valence-electron chi connectivity index (χ3n) is 5.29. The van der Waals surface area contributed by atoms with Crippen LogP contribution in [-0.2, 0) is 0 Å². The highest BCUT2D eigenvalue weighted by atomic mass is 16.5. The summed E-state index contributed by atoms with van der Waals surface area (Å²) in [5, 5.41) is 3.33. The molecule has 0 bridgehead atoms. The Morgan fingerprint density at radius 3 is 1.35 bits per heavy atom. The molecule has 0 heterocycles. The number of ether oxygens (including phenoxy) is 2. The van der Waals surface area contributed by atoms with Crippen LogP contribution in [0, 0.1) is 0 Å². The van der Waals surface area contributed by atoms with Crippen LogP contribution in [-0.4, -0.2) is 24.8 Å². The number of hydrogen-bond donors (Lipinski definition) is 0. The van der Waals surface area contributed by atoms with Crippen LogP contribution in [0.15, 0.2) is 72.8 Å². The van der Waals surface area contributed by atoms with Gasteiger partial charge >= 0.3 is 0 Å². The fraction of sp³-hybridized carbons (Fsp3) is 0.185. The molecule has 4 rings (SSSR count). The average molecular weight is 412 g/mol. The Morgan fingerprint density at radius 2 is 0.968 bits per heavy atom. The molecule has 0 atom stereocenters. The number of ketones is 2. The van der Waals surface area contributed by atoms with E-state index in [1.807, 2.05) is 62.4 Å². The Morgan fingerprint density at radius 1 is 0.581 bits per heavy atom. The average Bonchev–Trinajstić information content (AvgIpc) is 2.79. The maximum Gasteiger partial charge on any atom is 0.171 e. The Hall–Kier alpha value is -3.66. The molecule has 0 fully saturated rings. The normalized spacial score (nSPS) is 10.9. The molecule has 0 saturated heterocycles. The number of carbonyl (C=O) groups excluding carboxylic acids is 2. The maximum atomic E-state index is 13.1. The smallest absolute Gasteiger partial charge is 0.171 e. The van der Waals surface area contributed by atoms with Crippen LogP contribution in [0.25, 0.3) is 21.5 Å². The lowest BCUT2D eigenvalue weighted by Gasteiger charge is -2.12. The quantitative estimate of drug-likeness (QED) is 0.254. The standard InChI is InChI=1S/C27H24O4/c1-3-30-26-15-13-20(18-9-5-7-11-22(18)26)24(28)17-25(29)21-14-16-27(31-4-2)23-12-8-6-10-19(21)23/h5-16H,3-4,17H2,1-2H3. The van der Waals surface area contributed by atoms with Crippen LogP contribution >= 0.6 is 0 Å². The van der Waals surface area contributed by atoms with E-state index in [0.717, 1.165) is 33.0 Å². The van der Waals surface area contributed by atoms with Crippen LogP contribution in [0.3, 0.4) is 0 Å². The van der Waals surface area contributed by atoms with Gasteiger partial charge in [-0.05, 0) is 48.9 Å². The molecule has 0 aliphatic rings. The molecule has 0 aliphatic carbocycles. The van der Waals surface area contributed by atoms with Crippen LogP contribution < -0.4 is 9.47 Å². The summed E-state index contributed by atoms with van der Waals surface area (Å²) < 4.78 is 11.4. The second-order valence-corrected chi connectivity index (χ2v) is 7.20. The van der Waals surface area contributed by atoms with Gasteiger partial charge in [0.1, 0.15) is 11.5 Å². The van der Waals surface area contributed by atoms with Crippen molar-refractivity contribution in [3.63, 3.8) is 0 Å². The van der Waals surface area contributed by atoms with E-state index in [9.17, 15) is 9.59 Å². The van der Waals surface area contributed by atoms with E-state index in [4.69, 9.17) is 9.47 Å². The summed E-state index contributed by atoms with van der Waals surface area (Å²) in [5.74, 6) is 1.06. The van der Waals surface area contributed by atoms with Crippen molar-refractivity contribution in [3.05, 3.63) is 83.9 Å². The van der Waals surface area contributed by atoms with Gasteiger partial charge in [-0.3, -0.25) is 9.59 Å². The van der Waals surface area contributed by atoms with Gasteiger partial charge in [-0.2, -0.15) is 0 Å². The predicted molar refractivity (Wildman–Crippen MR) is 124 cm³/mol. The van der Waals surface area contributed by atoms with E-state index in [-0.39, 0.29) is 18.0 Å². The molecule has 4 heteroatoms. The molecule has 0 radical (unpaired) electrons. The van der Waals surface area contributed by atoms with E-state index in [2.05, 4.69) is 0 Å². The molecule has 0 amide bonds. The third-order valence-corrected chi connectivity index (χ3v) is 5.29. The van der Waals surface area contributed by atoms with Crippen molar-refractivity contribution in [3.8, 4) is 11.5 Å². The van der Waals surface area contributed by atoms with Crippen molar-refractivity contribution in [2.24, 2.45) is 0 Å². The Balaban J connectivity index is 1.68. The highest BCUT2D eigenvalue weighted by Crippen LogP contribution is 2.31. The third kappa shape index (κ3) is 4.02. The number of hydrogen-bond acceptors (Lipinski definition) is 4. The van der Waals surface area contributed by atoms with Gasteiger partial charge in [-0.15, -0.1) is 0 Å². The molecular formula is C27H24O4. The van der Waals surface area contributed by atoms with E-state index in [1.54, 1.807) is 24.3 Å². The molecule has 0 N–H and O–H groups in total.